The van der Waals surface area contributed by atoms with Gasteiger partial charge in [0.2, 0.25) is 0 Å². The van der Waals surface area contributed by atoms with Gasteiger partial charge in [0, 0.05) is 0 Å². The lowest BCUT2D eigenvalue weighted by atomic mass is 10.1. The van der Waals surface area contributed by atoms with E-state index in [9.17, 15) is 8.42 Å². The van der Waals surface area contributed by atoms with Gasteiger partial charge in [-0.25, -0.2) is 4.18 Å². The van der Waals surface area contributed by atoms with Gasteiger partial charge in [-0.1, -0.05) is 37.3 Å². The van der Waals surface area contributed by atoms with Crippen LogP contribution >= 0.6 is 0 Å². The Hall–Kier alpha value is -0.950. The van der Waals surface area contributed by atoms with Crippen molar-refractivity contribution in [2.45, 2.75) is 26.0 Å². The molecule has 0 fully saturated rings. The number of hydrogen-bond acceptors (Lipinski definition) is 4. The minimum absolute atomic E-state index is 0.470. The lowest BCUT2D eigenvalue weighted by Crippen LogP contribution is -2.34. The fraction of sp³-hybridized carbons (Fsp3) is 0.455. The zero-order chi connectivity index (χ0) is 12.7. The van der Waals surface area contributed by atoms with E-state index in [0.717, 1.165) is 5.56 Å². The first kappa shape index (κ1) is 14.1. The molecule has 0 saturated carbocycles. The third-order valence-corrected chi connectivity index (χ3v) is 2.68. The van der Waals surface area contributed by atoms with Crippen molar-refractivity contribution in [3.05, 3.63) is 35.9 Å². The summed E-state index contributed by atoms with van der Waals surface area (Å²) in [5.74, 6) is 0. The third kappa shape index (κ3) is 6.38. The molecule has 96 valence electrons. The van der Waals surface area contributed by atoms with Crippen LogP contribution in [0, 0.1) is 0 Å². The van der Waals surface area contributed by atoms with Crippen molar-refractivity contribution in [3.8, 4) is 0 Å². The Bertz CT molecular complexity index is 418. The van der Waals surface area contributed by atoms with E-state index in [1.54, 1.807) is 0 Å². The SMILES string of the molecule is CCNC(CCc1ccccc1)OS(=O)(=O)O. The Kier molecular flexibility index (Phi) is 5.57. The van der Waals surface area contributed by atoms with E-state index in [2.05, 4.69) is 9.50 Å². The number of nitrogens with one attached hydrogen (secondary N) is 1. The Morgan fingerprint density at radius 1 is 1.35 bits per heavy atom. The summed E-state index contributed by atoms with van der Waals surface area (Å²) in [6, 6.07) is 9.66. The standard InChI is InChI=1S/C11H17NO4S/c1-2-12-11(16-17(13,14)15)9-8-10-6-4-3-5-7-10/h3-7,11-12H,2,8-9H2,1H3,(H,13,14,15). The molecule has 0 aliphatic rings. The van der Waals surface area contributed by atoms with Gasteiger partial charge in [-0.3, -0.25) is 9.87 Å². The monoisotopic (exact) mass is 259 g/mol. The molecule has 0 amide bonds. The van der Waals surface area contributed by atoms with E-state index < -0.39 is 16.6 Å². The molecule has 0 spiro atoms. The molecule has 1 atom stereocenters. The van der Waals surface area contributed by atoms with Crippen LogP contribution in [0.3, 0.4) is 0 Å². The predicted molar refractivity (Wildman–Crippen MR) is 64.9 cm³/mol. The molecular weight excluding hydrogens is 242 g/mol. The summed E-state index contributed by atoms with van der Waals surface area (Å²) in [6.07, 6.45) is 0.446. The Morgan fingerprint density at radius 3 is 2.53 bits per heavy atom. The molecule has 17 heavy (non-hydrogen) atoms. The molecule has 0 aromatic heterocycles. The zero-order valence-corrected chi connectivity index (χ0v) is 10.5. The van der Waals surface area contributed by atoms with Crippen molar-refractivity contribution in [3.63, 3.8) is 0 Å². The molecular formula is C11H17NO4S. The van der Waals surface area contributed by atoms with Gasteiger partial charge in [0.05, 0.1) is 0 Å². The largest absolute Gasteiger partial charge is 0.398 e. The number of aryl methyl sites for hydroxylation is 1. The molecule has 0 radical (unpaired) electrons. The fourth-order valence-electron chi connectivity index (χ4n) is 1.50. The molecule has 0 heterocycles. The van der Waals surface area contributed by atoms with E-state index in [4.69, 9.17) is 4.55 Å². The molecule has 1 aromatic carbocycles. The van der Waals surface area contributed by atoms with Gasteiger partial charge in [-0.15, -0.1) is 0 Å². The van der Waals surface area contributed by atoms with Gasteiger partial charge in [0.25, 0.3) is 0 Å². The van der Waals surface area contributed by atoms with Gasteiger partial charge in [0.1, 0.15) is 6.23 Å². The van der Waals surface area contributed by atoms with Crippen molar-refractivity contribution in [2.24, 2.45) is 0 Å². The molecule has 0 saturated heterocycles. The van der Waals surface area contributed by atoms with E-state index in [1.165, 1.54) is 0 Å². The summed E-state index contributed by atoms with van der Waals surface area (Å²) in [5.41, 5.74) is 1.09. The van der Waals surface area contributed by atoms with Crippen LogP contribution in [0.2, 0.25) is 0 Å². The van der Waals surface area contributed by atoms with Crippen molar-refractivity contribution >= 4 is 10.4 Å². The first-order valence-corrected chi connectivity index (χ1v) is 6.81. The summed E-state index contributed by atoms with van der Waals surface area (Å²) >= 11 is 0. The normalized spacial score (nSPS) is 13.5. The average molecular weight is 259 g/mol. The van der Waals surface area contributed by atoms with E-state index >= 15 is 0 Å². The molecule has 5 nitrogen and oxygen atoms in total. The Balaban J connectivity index is 2.50. The first-order valence-electron chi connectivity index (χ1n) is 5.44. The van der Waals surface area contributed by atoms with Crippen LogP contribution in [0.1, 0.15) is 18.9 Å². The highest BCUT2D eigenvalue weighted by molar-refractivity contribution is 7.80. The second kappa shape index (κ2) is 6.70. The number of benzene rings is 1. The quantitative estimate of drug-likeness (QED) is 0.571. The summed E-state index contributed by atoms with van der Waals surface area (Å²) in [6.45, 7) is 2.40. The van der Waals surface area contributed by atoms with Gasteiger partial charge in [-0.2, -0.15) is 8.42 Å². The van der Waals surface area contributed by atoms with Gasteiger partial charge >= 0.3 is 10.4 Å². The molecule has 1 rings (SSSR count). The van der Waals surface area contributed by atoms with Crippen molar-refractivity contribution in [1.82, 2.24) is 5.32 Å². The maximum absolute atomic E-state index is 10.6. The highest BCUT2D eigenvalue weighted by Crippen LogP contribution is 2.07. The van der Waals surface area contributed by atoms with Crippen LogP contribution in [-0.2, 0) is 21.0 Å². The molecule has 2 N–H and O–H groups in total. The van der Waals surface area contributed by atoms with E-state index in [-0.39, 0.29) is 0 Å². The number of rotatable bonds is 7. The highest BCUT2D eigenvalue weighted by Gasteiger charge is 2.15. The second-order valence-corrected chi connectivity index (χ2v) is 4.64. The van der Waals surface area contributed by atoms with Crippen LogP contribution in [-0.4, -0.2) is 25.7 Å². The summed E-state index contributed by atoms with van der Waals surface area (Å²) in [4.78, 5) is 0. The molecule has 1 unspecified atom stereocenters. The van der Waals surface area contributed by atoms with Crippen molar-refractivity contribution in [1.29, 1.82) is 0 Å². The highest BCUT2D eigenvalue weighted by atomic mass is 32.3. The lowest BCUT2D eigenvalue weighted by Gasteiger charge is -2.15. The molecule has 1 aromatic rings. The van der Waals surface area contributed by atoms with Crippen LogP contribution in [0.4, 0.5) is 0 Å². The van der Waals surface area contributed by atoms with Crippen LogP contribution in [0.5, 0.6) is 0 Å². The maximum atomic E-state index is 10.6. The van der Waals surface area contributed by atoms with Gasteiger partial charge in [-0.05, 0) is 24.9 Å². The topological polar surface area (TPSA) is 75.6 Å². The molecule has 6 heteroatoms. The second-order valence-electron chi connectivity index (χ2n) is 3.59. The van der Waals surface area contributed by atoms with Gasteiger partial charge in [0.15, 0.2) is 0 Å². The van der Waals surface area contributed by atoms with Crippen LogP contribution < -0.4 is 5.32 Å². The minimum Gasteiger partial charge on any atom is -0.291 e. The minimum atomic E-state index is -4.41. The lowest BCUT2D eigenvalue weighted by molar-refractivity contribution is 0.143. The fourth-order valence-corrected chi connectivity index (χ4v) is 1.96. The van der Waals surface area contributed by atoms with E-state index in [1.807, 2.05) is 37.3 Å². The Labute approximate surface area is 102 Å². The molecule has 0 bridgehead atoms. The average Bonchev–Trinajstić information content (AvgIpc) is 2.26. The maximum Gasteiger partial charge on any atom is 0.398 e. The van der Waals surface area contributed by atoms with Crippen molar-refractivity contribution < 1.29 is 17.2 Å². The molecule has 0 aliphatic carbocycles. The summed E-state index contributed by atoms with van der Waals surface area (Å²) < 4.78 is 34.4. The first-order chi connectivity index (χ1) is 8.01. The third-order valence-electron chi connectivity index (χ3n) is 2.21. The van der Waals surface area contributed by atoms with Crippen LogP contribution in [0.25, 0.3) is 0 Å². The summed E-state index contributed by atoms with van der Waals surface area (Å²) in [5, 5.41) is 2.85. The molecule has 0 aliphatic heterocycles. The van der Waals surface area contributed by atoms with Crippen LogP contribution in [0.15, 0.2) is 30.3 Å². The summed E-state index contributed by atoms with van der Waals surface area (Å²) in [7, 11) is -4.41. The zero-order valence-electron chi connectivity index (χ0n) is 9.67. The Morgan fingerprint density at radius 2 is 2.00 bits per heavy atom. The van der Waals surface area contributed by atoms with Crippen molar-refractivity contribution in [2.75, 3.05) is 6.54 Å². The number of hydrogen-bond donors (Lipinski definition) is 2. The predicted octanol–water partition coefficient (Wildman–Crippen LogP) is 1.37. The van der Waals surface area contributed by atoms with E-state index in [0.29, 0.717) is 19.4 Å². The smallest absolute Gasteiger partial charge is 0.291 e. The van der Waals surface area contributed by atoms with Gasteiger partial charge < -0.3 is 0 Å².